The van der Waals surface area contributed by atoms with E-state index in [1.54, 1.807) is 31.2 Å². The van der Waals surface area contributed by atoms with Gasteiger partial charge in [-0.2, -0.15) is 4.31 Å². The number of fused-ring (bicyclic) bond motifs is 1. The summed E-state index contributed by atoms with van der Waals surface area (Å²) in [6.07, 6.45) is 1.08. The van der Waals surface area contributed by atoms with Crippen molar-refractivity contribution in [2.45, 2.75) is 24.7 Å². The van der Waals surface area contributed by atoms with Crippen molar-refractivity contribution in [3.05, 3.63) is 47.8 Å². The van der Waals surface area contributed by atoms with Crippen LogP contribution in [0.3, 0.4) is 0 Å². The number of amides is 1. The van der Waals surface area contributed by atoms with Crippen molar-refractivity contribution < 1.29 is 22.2 Å². The molecule has 4 rings (SSSR count). The number of hydrogen-bond donors (Lipinski definition) is 1. The molecule has 1 aliphatic heterocycles. The summed E-state index contributed by atoms with van der Waals surface area (Å²) < 4.78 is 45.9. The zero-order valence-corrected chi connectivity index (χ0v) is 16.4. The van der Waals surface area contributed by atoms with Crippen molar-refractivity contribution >= 4 is 32.7 Å². The zero-order valence-electron chi connectivity index (χ0n) is 15.6. The molecule has 8 nitrogen and oxygen atoms in total. The number of rotatable bonds is 4. The largest absolute Gasteiger partial charge is 0.326 e. The van der Waals surface area contributed by atoms with Crippen LogP contribution in [0.15, 0.2) is 45.9 Å². The lowest BCUT2D eigenvalue weighted by molar-refractivity contribution is -0.120. The van der Waals surface area contributed by atoms with Crippen molar-refractivity contribution in [2.75, 3.05) is 18.4 Å². The number of carbonyl (C=O) groups excluding carboxylic acids is 1. The molecular weight excluding hydrogens is 399 g/mol. The first kappa shape index (κ1) is 19.5. The third-order valence-corrected chi connectivity index (χ3v) is 6.96. The molecule has 152 valence electrons. The van der Waals surface area contributed by atoms with Gasteiger partial charge in [-0.15, -0.1) is 0 Å². The maximum Gasteiger partial charge on any atom is 0.245 e. The summed E-state index contributed by atoms with van der Waals surface area (Å²) in [5.41, 5.74) is 1.33. The van der Waals surface area contributed by atoms with Gasteiger partial charge in [0.2, 0.25) is 15.9 Å². The van der Waals surface area contributed by atoms with E-state index in [0.29, 0.717) is 36.2 Å². The highest BCUT2D eigenvalue weighted by Crippen LogP contribution is 2.28. The molecule has 0 aliphatic carbocycles. The van der Waals surface area contributed by atoms with Gasteiger partial charge in [0.15, 0.2) is 5.52 Å². The minimum absolute atomic E-state index is 0.00193. The number of aromatic nitrogens is 2. The second kappa shape index (κ2) is 7.53. The van der Waals surface area contributed by atoms with Crippen LogP contribution in [0.2, 0.25) is 0 Å². The van der Waals surface area contributed by atoms with Crippen molar-refractivity contribution in [3.8, 4) is 0 Å². The fraction of sp³-hybridized carbons (Fsp3) is 0.316. The maximum absolute atomic E-state index is 13.7. The van der Waals surface area contributed by atoms with Crippen molar-refractivity contribution in [1.29, 1.82) is 0 Å². The van der Waals surface area contributed by atoms with E-state index in [1.807, 2.05) is 0 Å². The summed E-state index contributed by atoms with van der Waals surface area (Å²) in [6.45, 7) is 1.97. The fourth-order valence-electron chi connectivity index (χ4n) is 3.42. The molecule has 2 heterocycles. The Morgan fingerprint density at radius 3 is 2.90 bits per heavy atom. The van der Waals surface area contributed by atoms with Crippen LogP contribution in [-0.4, -0.2) is 42.0 Å². The van der Waals surface area contributed by atoms with Gasteiger partial charge < -0.3 is 5.32 Å². The quantitative estimate of drug-likeness (QED) is 0.698. The number of benzene rings is 2. The number of anilines is 1. The first-order valence-electron chi connectivity index (χ1n) is 9.15. The van der Waals surface area contributed by atoms with E-state index in [4.69, 9.17) is 0 Å². The predicted molar refractivity (Wildman–Crippen MR) is 103 cm³/mol. The number of nitrogens with zero attached hydrogens (tertiary/aromatic N) is 3. The second-order valence-corrected chi connectivity index (χ2v) is 8.95. The second-order valence-electron chi connectivity index (χ2n) is 7.04. The Hall–Kier alpha value is -2.85. The van der Waals surface area contributed by atoms with Crippen molar-refractivity contribution in [2.24, 2.45) is 5.92 Å². The molecular formula is C19H19FN4O4S. The molecule has 1 fully saturated rings. The van der Waals surface area contributed by atoms with Gasteiger partial charge in [-0.3, -0.25) is 4.79 Å². The molecule has 29 heavy (non-hydrogen) atoms. The lowest BCUT2D eigenvalue weighted by Gasteiger charge is -2.31. The number of sulfonamides is 1. The number of carbonyl (C=O) groups is 1. The smallest absolute Gasteiger partial charge is 0.245 e. The molecule has 1 aliphatic rings. The Morgan fingerprint density at radius 1 is 1.28 bits per heavy atom. The van der Waals surface area contributed by atoms with E-state index in [-0.39, 0.29) is 22.9 Å². The molecule has 1 atom stereocenters. The normalized spacial score (nSPS) is 18.1. The van der Waals surface area contributed by atoms with E-state index < -0.39 is 21.8 Å². The minimum atomic E-state index is -3.88. The topological polar surface area (TPSA) is 105 Å². The van der Waals surface area contributed by atoms with Crippen LogP contribution in [0.1, 0.15) is 18.4 Å². The number of aryl methyl sites for hydroxylation is 1. The highest BCUT2D eigenvalue weighted by molar-refractivity contribution is 7.89. The van der Waals surface area contributed by atoms with Gasteiger partial charge in [-0.05, 0) is 59.9 Å². The van der Waals surface area contributed by atoms with Crippen LogP contribution >= 0.6 is 0 Å². The Balaban J connectivity index is 1.53. The van der Waals surface area contributed by atoms with E-state index in [0.717, 1.165) is 0 Å². The van der Waals surface area contributed by atoms with Crippen LogP contribution in [0.4, 0.5) is 10.1 Å². The first-order chi connectivity index (χ1) is 13.9. The molecule has 0 radical (unpaired) electrons. The third-order valence-electron chi connectivity index (χ3n) is 5.06. The Morgan fingerprint density at radius 2 is 2.10 bits per heavy atom. The van der Waals surface area contributed by atoms with Crippen LogP contribution in [0, 0.1) is 18.7 Å². The first-order valence-corrected chi connectivity index (χ1v) is 10.6. The standard InChI is InChI=1S/C19H19FN4O4S/c1-12-7-8-14(10-15(12)20)21-19(25)13-4-3-9-24(11-13)29(26,27)17-6-2-5-16-18(17)23-28-22-16/h2,5-8,10,13H,3-4,9,11H2,1H3,(H,21,25). The summed E-state index contributed by atoms with van der Waals surface area (Å²) in [6, 6.07) is 9.07. The van der Waals surface area contributed by atoms with Crippen LogP contribution < -0.4 is 5.32 Å². The molecule has 10 heteroatoms. The molecule has 0 spiro atoms. The lowest BCUT2D eigenvalue weighted by atomic mass is 9.98. The van der Waals surface area contributed by atoms with Gasteiger partial charge in [0.05, 0.1) is 5.92 Å². The van der Waals surface area contributed by atoms with Crippen LogP contribution in [0.5, 0.6) is 0 Å². The molecule has 0 bridgehead atoms. The van der Waals surface area contributed by atoms with Gasteiger partial charge >= 0.3 is 0 Å². The van der Waals surface area contributed by atoms with Gasteiger partial charge in [0.1, 0.15) is 16.2 Å². The minimum Gasteiger partial charge on any atom is -0.326 e. The molecule has 1 N–H and O–H groups in total. The maximum atomic E-state index is 13.7. The number of hydrogen-bond acceptors (Lipinski definition) is 6. The summed E-state index contributed by atoms with van der Waals surface area (Å²) >= 11 is 0. The molecule has 1 saturated heterocycles. The summed E-state index contributed by atoms with van der Waals surface area (Å²) in [7, 11) is -3.88. The van der Waals surface area contributed by atoms with Gasteiger partial charge in [-0.25, -0.2) is 17.4 Å². The van der Waals surface area contributed by atoms with E-state index in [2.05, 4.69) is 20.3 Å². The van der Waals surface area contributed by atoms with Crippen molar-refractivity contribution in [3.63, 3.8) is 0 Å². The van der Waals surface area contributed by atoms with Crippen LogP contribution in [0.25, 0.3) is 11.0 Å². The summed E-state index contributed by atoms with van der Waals surface area (Å²) in [5.74, 6) is -1.29. The molecule has 3 aromatic rings. The number of halogens is 1. The zero-order chi connectivity index (χ0) is 20.6. The van der Waals surface area contributed by atoms with E-state index in [9.17, 15) is 17.6 Å². The Bertz CT molecular complexity index is 1180. The molecule has 1 unspecified atom stereocenters. The highest BCUT2D eigenvalue weighted by Gasteiger charge is 2.35. The predicted octanol–water partition coefficient (Wildman–Crippen LogP) is 2.71. The summed E-state index contributed by atoms with van der Waals surface area (Å²) in [4.78, 5) is 12.6. The van der Waals surface area contributed by atoms with Crippen molar-refractivity contribution in [1.82, 2.24) is 14.6 Å². The average Bonchev–Trinajstić information content (AvgIpc) is 3.19. The SMILES string of the molecule is Cc1ccc(NC(=O)C2CCCN(S(=O)(=O)c3cccc4nonc34)C2)cc1F. The third kappa shape index (κ3) is 3.73. The summed E-state index contributed by atoms with van der Waals surface area (Å²) in [5, 5.41) is 10.1. The highest BCUT2D eigenvalue weighted by atomic mass is 32.2. The lowest BCUT2D eigenvalue weighted by Crippen LogP contribution is -2.43. The average molecular weight is 418 g/mol. The molecule has 0 saturated carbocycles. The monoisotopic (exact) mass is 418 g/mol. The van der Waals surface area contributed by atoms with Crippen LogP contribution in [-0.2, 0) is 14.8 Å². The Labute approximate surface area is 166 Å². The Kier molecular flexibility index (Phi) is 5.05. The number of piperidine rings is 1. The number of nitrogens with one attached hydrogen (secondary N) is 1. The van der Waals surface area contributed by atoms with E-state index >= 15 is 0 Å². The van der Waals surface area contributed by atoms with Gasteiger partial charge in [0, 0.05) is 18.8 Å². The van der Waals surface area contributed by atoms with Gasteiger partial charge in [0.25, 0.3) is 0 Å². The van der Waals surface area contributed by atoms with Gasteiger partial charge in [-0.1, -0.05) is 12.1 Å². The van der Waals surface area contributed by atoms with E-state index in [1.165, 1.54) is 16.4 Å². The molecule has 2 aromatic carbocycles. The molecule has 1 aromatic heterocycles. The molecule has 1 amide bonds. The fourth-order valence-corrected chi connectivity index (χ4v) is 5.08.